The van der Waals surface area contributed by atoms with E-state index in [-0.39, 0.29) is 5.97 Å². The summed E-state index contributed by atoms with van der Waals surface area (Å²) < 4.78 is 8.67. The molecule has 0 spiro atoms. The Hall–Kier alpha value is -1.56. The van der Waals surface area contributed by atoms with Gasteiger partial charge in [0.2, 0.25) is 0 Å². The van der Waals surface area contributed by atoms with E-state index in [2.05, 4.69) is 26.0 Å². The Kier molecular flexibility index (Phi) is 31.1. The summed E-state index contributed by atoms with van der Waals surface area (Å²) in [7, 11) is 10.5. The number of hydrogen-bond donors (Lipinski definition) is 0. The summed E-state index contributed by atoms with van der Waals surface area (Å²) >= 11 is 0. The molecule has 0 fully saturated rings. The number of rotatable bonds is 3. The molecule has 0 saturated heterocycles. The molecule has 0 radical (unpaired) electrons. The van der Waals surface area contributed by atoms with Crippen LogP contribution in [0.4, 0.5) is 0 Å². The van der Waals surface area contributed by atoms with E-state index in [1.807, 2.05) is 39.9 Å². The maximum Gasteiger partial charge on any atom is 0.302 e. The van der Waals surface area contributed by atoms with Crippen molar-refractivity contribution in [2.45, 2.75) is 34.1 Å². The van der Waals surface area contributed by atoms with Crippen LogP contribution in [0.5, 0.6) is 0 Å². The zero-order valence-electron chi connectivity index (χ0n) is 15.4. The van der Waals surface area contributed by atoms with Crippen molar-refractivity contribution in [1.29, 1.82) is 0 Å². The van der Waals surface area contributed by atoms with Gasteiger partial charge in [0.25, 0.3) is 0 Å². The van der Waals surface area contributed by atoms with Gasteiger partial charge < -0.3 is 19.2 Å². The van der Waals surface area contributed by atoms with Gasteiger partial charge in [-0.15, -0.1) is 0 Å². The lowest BCUT2D eigenvalue weighted by Gasteiger charge is -1.90. The van der Waals surface area contributed by atoms with Crippen molar-refractivity contribution in [3.8, 4) is 0 Å². The fourth-order valence-corrected chi connectivity index (χ4v) is 0.220. The lowest BCUT2D eigenvalue weighted by Crippen LogP contribution is -1.99. The number of esters is 1. The minimum atomic E-state index is -0.245. The molecule has 0 aliphatic heterocycles. The summed E-state index contributed by atoms with van der Waals surface area (Å²) in [6, 6.07) is 0. The second-order valence-electron chi connectivity index (χ2n) is 4.31. The van der Waals surface area contributed by atoms with Crippen LogP contribution in [0.15, 0.2) is 17.5 Å². The number of ether oxygens (including phenoxy) is 2. The van der Waals surface area contributed by atoms with E-state index < -0.39 is 0 Å². The molecule has 0 aromatic carbocycles. The number of hydrogen-bond acceptors (Lipinski definition) is 6. The topological polar surface area (TPSA) is 60.4 Å². The summed E-state index contributed by atoms with van der Waals surface area (Å²) in [6.07, 6.45) is 0.966. The molecule has 0 aromatic heterocycles. The van der Waals surface area contributed by atoms with E-state index in [1.165, 1.54) is 14.0 Å². The number of oxime groups is 1. The molecule has 0 aliphatic carbocycles. The normalized spacial score (nSPS) is 8.81. The van der Waals surface area contributed by atoms with Gasteiger partial charge in [-0.25, -0.2) is 0 Å². The van der Waals surface area contributed by atoms with Crippen LogP contribution in [0.3, 0.4) is 0 Å². The fourth-order valence-electron chi connectivity index (χ4n) is 0.220. The maximum absolute atomic E-state index is 9.59. The molecule has 0 bridgehead atoms. The van der Waals surface area contributed by atoms with Crippen molar-refractivity contribution < 1.29 is 19.1 Å². The van der Waals surface area contributed by atoms with Crippen molar-refractivity contribution in [3.05, 3.63) is 12.3 Å². The van der Waals surface area contributed by atoms with Gasteiger partial charge in [-0.2, -0.15) is 0 Å². The molecule has 6 nitrogen and oxygen atoms in total. The quantitative estimate of drug-likeness (QED) is 0.347. The largest absolute Gasteiger partial charge is 0.502 e. The van der Waals surface area contributed by atoms with Crippen LogP contribution in [0.25, 0.3) is 0 Å². The zero-order chi connectivity index (χ0) is 17.8. The van der Waals surface area contributed by atoms with Crippen molar-refractivity contribution >= 4 is 11.7 Å². The third kappa shape index (κ3) is 90.0. The fraction of sp³-hybridized carbons (Fsp3) is 0.733. The maximum atomic E-state index is 9.59. The van der Waals surface area contributed by atoms with Crippen LogP contribution in [-0.2, 0) is 19.1 Å². The molecule has 6 heteroatoms. The molecule has 0 rings (SSSR count). The molecule has 0 amide bonds. The summed E-state index contributed by atoms with van der Waals surface area (Å²) in [5.74, 6) is 0.509. The Bertz CT molecular complexity index is 248. The Morgan fingerprint density at radius 3 is 1.38 bits per heavy atom. The second kappa shape index (κ2) is 23.5. The van der Waals surface area contributed by atoms with Crippen molar-refractivity contribution in [1.82, 2.24) is 4.90 Å². The SMILES string of the molecule is C=C(C)OC.CC/C(C)=N/OC.CN(C)C.COC(C)=O. The molecule has 21 heavy (non-hydrogen) atoms. The predicted octanol–water partition coefficient (Wildman–Crippen LogP) is 2.94. The summed E-state index contributed by atoms with van der Waals surface area (Å²) in [6.45, 7) is 10.6. The first-order valence-electron chi connectivity index (χ1n) is 6.50. The number of nitrogens with zero attached hydrogens (tertiary/aromatic N) is 2. The first-order chi connectivity index (χ1) is 9.58. The number of methoxy groups -OCH3 is 2. The highest BCUT2D eigenvalue weighted by Crippen LogP contribution is 1.82. The van der Waals surface area contributed by atoms with Gasteiger partial charge in [-0.05, 0) is 41.4 Å². The van der Waals surface area contributed by atoms with Gasteiger partial charge in [-0.1, -0.05) is 18.7 Å². The number of carbonyl (C=O) groups excluding carboxylic acids is 1. The van der Waals surface area contributed by atoms with Crippen molar-refractivity contribution in [2.24, 2.45) is 5.16 Å². The molecule has 0 unspecified atom stereocenters. The number of allylic oxidation sites excluding steroid dienone is 1. The molecule has 0 aromatic rings. The summed E-state index contributed by atoms with van der Waals surface area (Å²) in [5.41, 5.74) is 1.03. The van der Waals surface area contributed by atoms with E-state index in [0.717, 1.165) is 17.9 Å². The van der Waals surface area contributed by atoms with Crippen LogP contribution in [0, 0.1) is 0 Å². The van der Waals surface area contributed by atoms with Crippen LogP contribution in [0.2, 0.25) is 0 Å². The van der Waals surface area contributed by atoms with Crippen LogP contribution in [-0.4, -0.2) is 59.1 Å². The Labute approximate surface area is 130 Å². The molecule has 128 valence electrons. The zero-order valence-corrected chi connectivity index (χ0v) is 15.4. The van der Waals surface area contributed by atoms with Gasteiger partial charge in [-0.3, -0.25) is 4.79 Å². The third-order valence-electron chi connectivity index (χ3n) is 1.39. The smallest absolute Gasteiger partial charge is 0.302 e. The van der Waals surface area contributed by atoms with Gasteiger partial charge in [0.05, 0.1) is 25.7 Å². The van der Waals surface area contributed by atoms with Crippen LogP contribution in [0.1, 0.15) is 34.1 Å². The average Bonchev–Trinajstić information content (AvgIpc) is 2.39. The number of carbonyl (C=O) groups is 1. The highest BCUT2D eigenvalue weighted by molar-refractivity contribution is 5.80. The monoisotopic (exact) mass is 306 g/mol. The molecule has 0 N–H and O–H groups in total. The standard InChI is InChI=1S/C5H11NO.C4H8O.C3H9N.C3H6O2/c1-4-5(2)6-7-3;1-4(2)5-3;1-4(2)3;1-3(4)5-2/h4H2,1-3H3;1H2,2-3H3;1-3H3;1-2H3/b6-5+;;;. The molecular formula is C15H34N2O4. The third-order valence-corrected chi connectivity index (χ3v) is 1.39. The Morgan fingerprint density at radius 2 is 1.33 bits per heavy atom. The lowest BCUT2D eigenvalue weighted by molar-refractivity contribution is -0.137. The molecule has 0 aliphatic rings. The van der Waals surface area contributed by atoms with Gasteiger partial charge in [0.1, 0.15) is 7.11 Å². The second-order valence-corrected chi connectivity index (χ2v) is 4.31. The summed E-state index contributed by atoms with van der Waals surface area (Å²) in [5, 5.41) is 3.66. The predicted molar refractivity (Wildman–Crippen MR) is 89.5 cm³/mol. The van der Waals surface area contributed by atoms with Gasteiger partial charge in [0, 0.05) is 6.92 Å². The van der Waals surface area contributed by atoms with Crippen molar-refractivity contribution in [3.63, 3.8) is 0 Å². The Morgan fingerprint density at radius 1 is 1.05 bits per heavy atom. The molecular weight excluding hydrogens is 272 g/mol. The molecule has 0 atom stereocenters. The van der Waals surface area contributed by atoms with Crippen LogP contribution >= 0.6 is 0 Å². The van der Waals surface area contributed by atoms with E-state index >= 15 is 0 Å². The first-order valence-corrected chi connectivity index (χ1v) is 6.50. The average molecular weight is 306 g/mol. The lowest BCUT2D eigenvalue weighted by atomic mass is 10.3. The summed E-state index contributed by atoms with van der Waals surface area (Å²) in [4.78, 5) is 16.1. The van der Waals surface area contributed by atoms with E-state index in [1.54, 1.807) is 21.1 Å². The van der Waals surface area contributed by atoms with E-state index in [4.69, 9.17) is 0 Å². The van der Waals surface area contributed by atoms with Gasteiger partial charge in [0.15, 0.2) is 0 Å². The van der Waals surface area contributed by atoms with E-state index in [9.17, 15) is 4.79 Å². The Balaban J connectivity index is -0.0000000939. The minimum absolute atomic E-state index is 0.245. The van der Waals surface area contributed by atoms with Gasteiger partial charge >= 0.3 is 5.97 Å². The molecule has 0 heterocycles. The van der Waals surface area contributed by atoms with Crippen LogP contribution < -0.4 is 0 Å². The highest BCUT2D eigenvalue weighted by atomic mass is 16.6. The molecule has 0 saturated carbocycles. The first kappa shape index (κ1) is 27.7. The van der Waals surface area contributed by atoms with Crippen molar-refractivity contribution in [2.75, 3.05) is 42.5 Å². The highest BCUT2D eigenvalue weighted by Gasteiger charge is 1.80. The minimum Gasteiger partial charge on any atom is -0.502 e. The van der Waals surface area contributed by atoms with E-state index in [0.29, 0.717) is 0 Å².